The van der Waals surface area contributed by atoms with Crippen LogP contribution >= 0.6 is 24.0 Å². The topological polar surface area (TPSA) is 56.7 Å². The molecule has 5 heteroatoms. The summed E-state index contributed by atoms with van der Waals surface area (Å²) in [4.78, 5) is 4.03. The van der Waals surface area contributed by atoms with Gasteiger partial charge < -0.3 is 15.7 Å². The molecule has 0 spiro atoms. The number of aliphatic imine (C=N–C) groups is 1. The predicted octanol–water partition coefficient (Wildman–Crippen LogP) is 0.564. The Labute approximate surface area is 114 Å². The molecule has 0 bridgehead atoms. The van der Waals surface area contributed by atoms with Crippen molar-refractivity contribution in [3.8, 4) is 12.3 Å². The van der Waals surface area contributed by atoms with Gasteiger partial charge in [-0.2, -0.15) is 0 Å². The van der Waals surface area contributed by atoms with Crippen molar-refractivity contribution in [1.82, 2.24) is 10.6 Å². The highest BCUT2D eigenvalue weighted by atomic mass is 127. The van der Waals surface area contributed by atoms with E-state index in [-0.39, 0.29) is 30.1 Å². The van der Waals surface area contributed by atoms with Gasteiger partial charge in [-0.15, -0.1) is 30.4 Å². The maximum Gasteiger partial charge on any atom is 0.191 e. The number of guanidine groups is 1. The van der Waals surface area contributed by atoms with Gasteiger partial charge in [0.1, 0.15) is 0 Å². The Kier molecular flexibility index (Phi) is 8.39. The summed E-state index contributed by atoms with van der Waals surface area (Å²) in [6.45, 7) is 1.22. The van der Waals surface area contributed by atoms with Crippen LogP contribution < -0.4 is 10.6 Å². The predicted molar refractivity (Wildman–Crippen MR) is 77.0 cm³/mol. The van der Waals surface area contributed by atoms with Crippen LogP contribution in [0.1, 0.15) is 19.3 Å². The van der Waals surface area contributed by atoms with Crippen LogP contribution in [0, 0.1) is 18.3 Å². The highest BCUT2D eigenvalue weighted by Gasteiger charge is 2.24. The molecule has 0 amide bonds. The number of nitrogens with zero attached hydrogens (tertiary/aromatic N) is 1. The Hall–Kier alpha value is -0.480. The number of hydrogen-bond acceptors (Lipinski definition) is 2. The molecule has 0 aromatic heterocycles. The van der Waals surface area contributed by atoms with Gasteiger partial charge in [-0.25, -0.2) is 0 Å². The third kappa shape index (κ3) is 5.03. The van der Waals surface area contributed by atoms with Crippen molar-refractivity contribution in [2.45, 2.75) is 25.4 Å². The van der Waals surface area contributed by atoms with E-state index in [0.717, 1.165) is 25.8 Å². The summed E-state index contributed by atoms with van der Waals surface area (Å²) in [5.74, 6) is 3.53. The van der Waals surface area contributed by atoms with Crippen molar-refractivity contribution in [2.75, 3.05) is 20.1 Å². The fraction of sp³-hybridized carbons (Fsp3) is 0.727. The standard InChI is InChI=1S/C11H19N3O.HI/c1-3-7-13-11(12-2)14-8-9-5-4-6-10(9)15;/h1,9-10,15H,4-8H2,2H3,(H2,12,13,14);1H. The van der Waals surface area contributed by atoms with E-state index in [0.29, 0.717) is 18.4 Å². The number of halogens is 1. The highest BCUT2D eigenvalue weighted by Crippen LogP contribution is 2.24. The van der Waals surface area contributed by atoms with Crippen molar-refractivity contribution in [3.05, 3.63) is 0 Å². The molecule has 1 rings (SSSR count). The number of aliphatic hydroxyl groups is 1. The fourth-order valence-corrected chi connectivity index (χ4v) is 1.84. The van der Waals surface area contributed by atoms with Crippen LogP contribution in [-0.4, -0.2) is 37.3 Å². The summed E-state index contributed by atoms with van der Waals surface area (Å²) in [5, 5.41) is 15.8. The fourth-order valence-electron chi connectivity index (χ4n) is 1.84. The zero-order valence-electron chi connectivity index (χ0n) is 9.57. The molecule has 0 aromatic carbocycles. The smallest absolute Gasteiger partial charge is 0.191 e. The zero-order chi connectivity index (χ0) is 11.1. The van der Waals surface area contributed by atoms with E-state index in [1.807, 2.05) is 0 Å². The summed E-state index contributed by atoms with van der Waals surface area (Å²) in [5.41, 5.74) is 0. The van der Waals surface area contributed by atoms with Gasteiger partial charge in [-0.1, -0.05) is 12.3 Å². The normalized spacial score (nSPS) is 24.4. The lowest BCUT2D eigenvalue weighted by molar-refractivity contribution is 0.134. The maximum absolute atomic E-state index is 9.62. The molecule has 0 heterocycles. The Morgan fingerprint density at radius 1 is 1.50 bits per heavy atom. The third-order valence-electron chi connectivity index (χ3n) is 2.73. The lowest BCUT2D eigenvalue weighted by Crippen LogP contribution is -2.41. The minimum Gasteiger partial charge on any atom is -0.393 e. The van der Waals surface area contributed by atoms with E-state index in [1.165, 1.54) is 0 Å². The molecule has 16 heavy (non-hydrogen) atoms. The van der Waals surface area contributed by atoms with Crippen LogP contribution in [0.25, 0.3) is 0 Å². The Morgan fingerprint density at radius 3 is 2.75 bits per heavy atom. The number of rotatable bonds is 3. The number of hydrogen-bond donors (Lipinski definition) is 3. The van der Waals surface area contributed by atoms with Crippen molar-refractivity contribution in [3.63, 3.8) is 0 Å². The van der Waals surface area contributed by atoms with Crippen molar-refractivity contribution >= 4 is 29.9 Å². The second kappa shape index (κ2) is 8.65. The average Bonchev–Trinajstić information content (AvgIpc) is 2.65. The molecule has 3 N–H and O–H groups in total. The van der Waals surface area contributed by atoms with Gasteiger partial charge in [0.2, 0.25) is 0 Å². The van der Waals surface area contributed by atoms with Gasteiger partial charge in [0.25, 0.3) is 0 Å². The maximum atomic E-state index is 9.62. The van der Waals surface area contributed by atoms with Crippen LogP contribution in [0.5, 0.6) is 0 Å². The minimum absolute atomic E-state index is 0. The molecular formula is C11H20IN3O. The van der Waals surface area contributed by atoms with Crippen LogP contribution in [0.2, 0.25) is 0 Å². The Bertz CT molecular complexity index is 262. The largest absolute Gasteiger partial charge is 0.393 e. The average molecular weight is 337 g/mol. The Balaban J connectivity index is 0.00000225. The molecule has 0 saturated heterocycles. The molecule has 1 aliphatic carbocycles. The molecule has 1 aliphatic rings. The van der Waals surface area contributed by atoms with Gasteiger partial charge in [0.05, 0.1) is 12.6 Å². The van der Waals surface area contributed by atoms with E-state index in [2.05, 4.69) is 21.5 Å². The van der Waals surface area contributed by atoms with Crippen LogP contribution in [0.4, 0.5) is 0 Å². The second-order valence-electron chi connectivity index (χ2n) is 3.77. The first-order chi connectivity index (χ1) is 7.27. The van der Waals surface area contributed by atoms with Gasteiger partial charge in [-0.05, 0) is 12.8 Å². The third-order valence-corrected chi connectivity index (χ3v) is 2.73. The summed E-state index contributed by atoms with van der Waals surface area (Å²) >= 11 is 0. The summed E-state index contributed by atoms with van der Waals surface area (Å²) in [6, 6.07) is 0. The molecule has 4 nitrogen and oxygen atoms in total. The van der Waals surface area contributed by atoms with Gasteiger partial charge in [0.15, 0.2) is 5.96 Å². The minimum atomic E-state index is -0.164. The molecule has 92 valence electrons. The lowest BCUT2D eigenvalue weighted by Gasteiger charge is -2.17. The molecule has 0 aliphatic heterocycles. The molecular weight excluding hydrogens is 317 g/mol. The Morgan fingerprint density at radius 2 is 2.25 bits per heavy atom. The van der Waals surface area contributed by atoms with E-state index < -0.39 is 0 Å². The van der Waals surface area contributed by atoms with Crippen molar-refractivity contribution < 1.29 is 5.11 Å². The van der Waals surface area contributed by atoms with Gasteiger partial charge in [0, 0.05) is 19.5 Å². The quantitative estimate of drug-likeness (QED) is 0.305. The lowest BCUT2D eigenvalue weighted by atomic mass is 10.1. The first-order valence-electron chi connectivity index (χ1n) is 5.34. The highest BCUT2D eigenvalue weighted by molar-refractivity contribution is 14.0. The number of aliphatic hydroxyl groups excluding tert-OH is 1. The molecule has 0 aromatic rings. The van der Waals surface area contributed by atoms with Gasteiger partial charge >= 0.3 is 0 Å². The molecule has 2 unspecified atom stereocenters. The molecule has 0 radical (unpaired) electrons. The van der Waals surface area contributed by atoms with Crippen LogP contribution in [-0.2, 0) is 0 Å². The monoisotopic (exact) mass is 337 g/mol. The van der Waals surface area contributed by atoms with Crippen molar-refractivity contribution in [1.29, 1.82) is 0 Å². The molecule has 2 atom stereocenters. The second-order valence-corrected chi connectivity index (χ2v) is 3.77. The summed E-state index contributed by atoms with van der Waals surface area (Å²) in [6.07, 6.45) is 8.09. The number of terminal acetylenes is 1. The van der Waals surface area contributed by atoms with E-state index in [9.17, 15) is 5.11 Å². The van der Waals surface area contributed by atoms with E-state index in [4.69, 9.17) is 6.42 Å². The van der Waals surface area contributed by atoms with Crippen LogP contribution in [0.15, 0.2) is 4.99 Å². The number of nitrogens with one attached hydrogen (secondary N) is 2. The molecule has 1 fully saturated rings. The first kappa shape index (κ1) is 15.5. The summed E-state index contributed by atoms with van der Waals surface area (Å²) in [7, 11) is 1.71. The first-order valence-corrected chi connectivity index (χ1v) is 5.34. The SMILES string of the molecule is C#CCNC(=NC)NCC1CCCC1O.I. The van der Waals surface area contributed by atoms with Gasteiger partial charge in [-0.3, -0.25) is 4.99 Å². The molecule has 1 saturated carbocycles. The summed E-state index contributed by atoms with van der Waals surface area (Å²) < 4.78 is 0. The van der Waals surface area contributed by atoms with Crippen molar-refractivity contribution in [2.24, 2.45) is 10.9 Å². The zero-order valence-corrected chi connectivity index (χ0v) is 11.9. The van der Waals surface area contributed by atoms with E-state index >= 15 is 0 Å². The van der Waals surface area contributed by atoms with Crippen LogP contribution in [0.3, 0.4) is 0 Å². The van der Waals surface area contributed by atoms with E-state index in [1.54, 1.807) is 7.05 Å².